The Bertz CT molecular complexity index is 1510. The number of aryl methyl sites for hydroxylation is 1. The normalized spacial score (nSPS) is 24.8. The van der Waals surface area contributed by atoms with Crippen molar-refractivity contribution in [3.05, 3.63) is 88.0 Å². The van der Waals surface area contributed by atoms with E-state index in [1.54, 1.807) is 12.3 Å². The van der Waals surface area contributed by atoms with E-state index in [0.29, 0.717) is 25.0 Å². The Morgan fingerprint density at radius 1 is 1.05 bits per heavy atom. The first-order chi connectivity index (χ1) is 17.9. The molecule has 5 rings (SSSR count). The van der Waals surface area contributed by atoms with E-state index in [4.69, 9.17) is 11.6 Å². The molecule has 38 heavy (non-hydrogen) atoms. The number of sulfone groups is 1. The summed E-state index contributed by atoms with van der Waals surface area (Å²) >= 11 is 6.27. The molecule has 1 unspecified atom stereocenters. The first-order valence-corrected chi connectivity index (χ1v) is 14.0. The van der Waals surface area contributed by atoms with Gasteiger partial charge in [0, 0.05) is 35.3 Å². The molecule has 1 amide bonds. The molecule has 0 spiro atoms. The van der Waals surface area contributed by atoms with Gasteiger partial charge in [-0.05, 0) is 80.3 Å². The number of pyridine rings is 1. The van der Waals surface area contributed by atoms with E-state index in [1.807, 2.05) is 13.0 Å². The van der Waals surface area contributed by atoms with Gasteiger partial charge in [-0.1, -0.05) is 11.6 Å². The zero-order chi connectivity index (χ0) is 27.4. The smallest absolute Gasteiger partial charge is 0.255 e. The van der Waals surface area contributed by atoms with Crippen LogP contribution >= 0.6 is 11.6 Å². The van der Waals surface area contributed by atoms with Gasteiger partial charge < -0.3 is 10.4 Å². The molecule has 2 aliphatic carbocycles. The van der Waals surface area contributed by atoms with E-state index in [0.717, 1.165) is 17.3 Å². The van der Waals surface area contributed by atoms with Crippen molar-refractivity contribution in [2.75, 3.05) is 5.32 Å². The quantitative estimate of drug-likeness (QED) is 0.395. The number of halogens is 4. The van der Waals surface area contributed by atoms with Crippen molar-refractivity contribution in [1.29, 1.82) is 0 Å². The fraction of sp³-hybridized carbons (Fsp3) is 0.333. The van der Waals surface area contributed by atoms with Crippen LogP contribution in [-0.4, -0.2) is 29.7 Å². The van der Waals surface area contributed by atoms with Crippen molar-refractivity contribution in [2.24, 2.45) is 11.8 Å². The predicted octanol–water partition coefficient (Wildman–Crippen LogP) is 5.56. The van der Waals surface area contributed by atoms with Crippen LogP contribution in [0.1, 0.15) is 47.3 Å². The molecule has 2 aromatic carbocycles. The van der Waals surface area contributed by atoms with Gasteiger partial charge in [-0.25, -0.2) is 21.6 Å². The van der Waals surface area contributed by atoms with Crippen molar-refractivity contribution in [2.45, 2.75) is 48.4 Å². The summed E-state index contributed by atoms with van der Waals surface area (Å²) in [5, 5.41) is 13.1. The van der Waals surface area contributed by atoms with Crippen LogP contribution in [0.2, 0.25) is 5.02 Å². The number of amides is 1. The average molecular weight is 565 g/mol. The van der Waals surface area contributed by atoms with Crippen LogP contribution in [0, 0.1) is 36.2 Å². The monoisotopic (exact) mass is 564 g/mol. The number of hydrogen-bond acceptors (Lipinski definition) is 5. The lowest BCUT2D eigenvalue weighted by molar-refractivity contribution is -0.0647. The molecule has 2 aliphatic rings. The molecule has 2 saturated carbocycles. The van der Waals surface area contributed by atoms with E-state index in [1.165, 1.54) is 12.1 Å². The highest BCUT2D eigenvalue weighted by Crippen LogP contribution is 2.56. The largest absolute Gasteiger partial charge is 0.385 e. The Kier molecular flexibility index (Phi) is 6.77. The molecule has 6 nitrogen and oxygen atoms in total. The molecule has 4 atom stereocenters. The molecule has 2 N–H and O–H groups in total. The van der Waals surface area contributed by atoms with Gasteiger partial charge in [-0.15, -0.1) is 0 Å². The lowest BCUT2D eigenvalue weighted by Gasteiger charge is -2.43. The first-order valence-electron chi connectivity index (χ1n) is 12.1. The maximum absolute atomic E-state index is 13.7. The Labute approximate surface area is 222 Å². The average Bonchev–Trinajstić information content (AvgIpc) is 3.03. The zero-order valence-electron chi connectivity index (χ0n) is 20.2. The van der Waals surface area contributed by atoms with E-state index in [2.05, 4.69) is 10.3 Å². The van der Waals surface area contributed by atoms with Gasteiger partial charge in [0.05, 0.1) is 20.8 Å². The van der Waals surface area contributed by atoms with Crippen molar-refractivity contribution >= 4 is 33.0 Å². The fourth-order valence-electron chi connectivity index (χ4n) is 5.89. The Hall–Kier alpha value is -2.95. The molecule has 0 radical (unpaired) electrons. The standard InChI is InChI=1S/C27H24ClF3N2O4S/c1-14-8-18(6-7-32-14)27(35)16-3-4-17(27)11-20(10-16)38(36,37)24-9-15(2-5-21(24)28)26(34)33-19-12-22(29)25(31)23(30)13-19/h2,5-9,12-13,16-17,20,35H,3-4,10-11H2,1H3,(H,33,34)/t16-,17?,20-,27-/m0/s1. The van der Waals surface area contributed by atoms with Crippen LogP contribution in [0.15, 0.2) is 53.6 Å². The lowest BCUT2D eigenvalue weighted by atomic mass is 9.70. The number of anilines is 1. The summed E-state index contributed by atoms with van der Waals surface area (Å²) in [4.78, 5) is 16.7. The summed E-state index contributed by atoms with van der Waals surface area (Å²) in [6.45, 7) is 1.83. The molecule has 2 bridgehead atoms. The van der Waals surface area contributed by atoms with Gasteiger partial charge in [0.25, 0.3) is 5.91 Å². The van der Waals surface area contributed by atoms with Crippen LogP contribution in [0.4, 0.5) is 18.9 Å². The second kappa shape index (κ2) is 9.66. The third-order valence-electron chi connectivity index (χ3n) is 7.74. The molecule has 11 heteroatoms. The second-order valence-electron chi connectivity index (χ2n) is 9.97. The molecule has 200 valence electrons. The van der Waals surface area contributed by atoms with Crippen LogP contribution in [0.3, 0.4) is 0 Å². The maximum Gasteiger partial charge on any atom is 0.255 e. The summed E-state index contributed by atoms with van der Waals surface area (Å²) in [5.74, 6) is -6.04. The summed E-state index contributed by atoms with van der Waals surface area (Å²) in [6.07, 6.45) is 3.43. The van der Waals surface area contributed by atoms with Gasteiger partial charge in [-0.2, -0.15) is 0 Å². The molecule has 3 aromatic rings. The maximum atomic E-state index is 13.7. The summed E-state index contributed by atoms with van der Waals surface area (Å²) in [6, 6.07) is 8.51. The van der Waals surface area contributed by atoms with Crippen molar-refractivity contribution in [3.8, 4) is 0 Å². The van der Waals surface area contributed by atoms with E-state index in [-0.39, 0.29) is 45.8 Å². The molecular formula is C27H24ClF3N2O4S. The number of carbonyl (C=O) groups excluding carboxylic acids is 1. The van der Waals surface area contributed by atoms with Crippen molar-refractivity contribution in [1.82, 2.24) is 4.98 Å². The third-order valence-corrected chi connectivity index (χ3v) is 10.4. The number of nitrogens with zero attached hydrogens (tertiary/aromatic N) is 1. The van der Waals surface area contributed by atoms with Crippen LogP contribution in [-0.2, 0) is 15.4 Å². The van der Waals surface area contributed by atoms with Crippen LogP contribution in [0.5, 0.6) is 0 Å². The summed E-state index contributed by atoms with van der Waals surface area (Å²) in [5.41, 5.74) is -0.0945. The molecule has 0 aliphatic heterocycles. The Balaban J connectivity index is 1.41. The van der Waals surface area contributed by atoms with Gasteiger partial charge >= 0.3 is 0 Å². The van der Waals surface area contributed by atoms with Crippen LogP contribution < -0.4 is 5.32 Å². The van der Waals surface area contributed by atoms with Gasteiger partial charge in [0.15, 0.2) is 27.3 Å². The number of aromatic nitrogens is 1. The van der Waals surface area contributed by atoms with Crippen molar-refractivity contribution in [3.63, 3.8) is 0 Å². The summed E-state index contributed by atoms with van der Waals surface area (Å²) < 4.78 is 67.8. The highest BCUT2D eigenvalue weighted by molar-refractivity contribution is 7.92. The minimum Gasteiger partial charge on any atom is -0.385 e. The third kappa shape index (κ3) is 4.48. The molecule has 1 heterocycles. The highest BCUT2D eigenvalue weighted by Gasteiger charge is 2.56. The second-order valence-corrected chi connectivity index (χ2v) is 12.6. The number of carbonyl (C=O) groups is 1. The lowest BCUT2D eigenvalue weighted by Crippen LogP contribution is -2.46. The Morgan fingerprint density at radius 3 is 2.29 bits per heavy atom. The zero-order valence-corrected chi connectivity index (χ0v) is 21.8. The first kappa shape index (κ1) is 26.6. The SMILES string of the molecule is Cc1cc([C@@]2(O)C3CC[C@H]2C[C@H](S(=O)(=O)c2cc(C(=O)Nc4cc(F)c(F)c(F)c4)ccc2Cl)C3)ccn1. The van der Waals surface area contributed by atoms with Gasteiger partial charge in [0.2, 0.25) is 0 Å². The number of nitrogens with one attached hydrogen (secondary N) is 1. The van der Waals surface area contributed by atoms with Gasteiger partial charge in [0.1, 0.15) is 0 Å². The topological polar surface area (TPSA) is 96.4 Å². The molecular weight excluding hydrogens is 541 g/mol. The number of aliphatic hydroxyl groups is 1. The Morgan fingerprint density at radius 2 is 1.68 bits per heavy atom. The predicted molar refractivity (Wildman–Crippen MR) is 135 cm³/mol. The molecule has 1 aromatic heterocycles. The number of hydrogen-bond donors (Lipinski definition) is 2. The van der Waals surface area contributed by atoms with Crippen molar-refractivity contribution < 1.29 is 31.5 Å². The number of benzene rings is 2. The molecule has 2 fully saturated rings. The van der Waals surface area contributed by atoms with E-state index >= 15 is 0 Å². The van der Waals surface area contributed by atoms with Gasteiger partial charge in [-0.3, -0.25) is 9.78 Å². The van der Waals surface area contributed by atoms with Crippen LogP contribution in [0.25, 0.3) is 0 Å². The van der Waals surface area contributed by atoms with E-state index < -0.39 is 44.0 Å². The number of fused-ring (bicyclic) bond motifs is 2. The molecule has 0 saturated heterocycles. The minimum absolute atomic E-state index is 0.0710. The summed E-state index contributed by atoms with van der Waals surface area (Å²) in [7, 11) is -4.01. The minimum atomic E-state index is -4.01. The van der Waals surface area contributed by atoms with E-state index in [9.17, 15) is 31.5 Å². The number of rotatable bonds is 5. The fourth-order valence-corrected chi connectivity index (χ4v) is 8.30. The highest BCUT2D eigenvalue weighted by atomic mass is 35.5.